The summed E-state index contributed by atoms with van der Waals surface area (Å²) in [5.41, 5.74) is 0. The lowest BCUT2D eigenvalue weighted by Crippen LogP contribution is -2.05. The van der Waals surface area contributed by atoms with Crippen LogP contribution in [0.15, 0.2) is 46.2 Å². The molecule has 0 aliphatic rings. The van der Waals surface area contributed by atoms with Gasteiger partial charge in [-0.15, -0.1) is 11.8 Å². The Labute approximate surface area is 111 Å². The summed E-state index contributed by atoms with van der Waals surface area (Å²) in [5.74, 6) is 0.542. The van der Waals surface area contributed by atoms with E-state index in [1.807, 2.05) is 0 Å². The van der Waals surface area contributed by atoms with Gasteiger partial charge in [0.1, 0.15) is 11.2 Å². The van der Waals surface area contributed by atoms with E-state index < -0.39 is 15.1 Å². The Morgan fingerprint density at radius 1 is 1.05 bits per heavy atom. The van der Waals surface area contributed by atoms with Gasteiger partial charge in [-0.2, -0.15) is 0 Å². The Kier molecular flexibility index (Phi) is 4.07. The van der Waals surface area contributed by atoms with E-state index in [1.165, 1.54) is 17.8 Å². The fourth-order valence-electron chi connectivity index (χ4n) is 1.19. The fourth-order valence-corrected chi connectivity index (χ4v) is 2.66. The van der Waals surface area contributed by atoms with Crippen molar-refractivity contribution in [3.8, 4) is 0 Å². The molecule has 0 spiro atoms. The third-order valence-corrected chi connectivity index (χ3v) is 4.25. The van der Waals surface area contributed by atoms with Crippen molar-refractivity contribution < 1.29 is 24.2 Å². The Hall–Kier alpha value is -1.02. The molecule has 0 aliphatic carbocycles. The summed E-state index contributed by atoms with van der Waals surface area (Å²) in [4.78, 5) is 8.54. The molecule has 0 atom stereocenters. The summed E-state index contributed by atoms with van der Waals surface area (Å²) >= 11 is 1.22. The second-order valence-electron chi connectivity index (χ2n) is 3.64. The molecule has 0 aliphatic heterocycles. The van der Waals surface area contributed by atoms with Crippen LogP contribution in [0.1, 0.15) is 6.42 Å². The van der Waals surface area contributed by atoms with E-state index in [-0.39, 0.29) is 0 Å². The van der Waals surface area contributed by atoms with E-state index in [2.05, 4.69) is 0 Å². The summed E-state index contributed by atoms with van der Waals surface area (Å²) < 4.78 is 62.1. The van der Waals surface area contributed by atoms with Crippen molar-refractivity contribution in [3.05, 3.63) is 36.4 Å². The number of aldehydes is 1. The van der Waals surface area contributed by atoms with Gasteiger partial charge in [-0.25, -0.2) is 0 Å². The van der Waals surface area contributed by atoms with Crippen LogP contribution in [0.3, 0.4) is 0 Å². The first-order chi connectivity index (χ1) is 8.53. The van der Waals surface area contributed by atoms with Crippen LogP contribution in [-0.2, 0) is 4.79 Å². The summed E-state index contributed by atoms with van der Waals surface area (Å²) in [6, 6.07) is 2.82. The van der Waals surface area contributed by atoms with Crippen molar-refractivity contribution in [2.45, 2.75) is 16.2 Å². The van der Waals surface area contributed by atoms with Crippen LogP contribution in [0, 0.1) is 0 Å². The lowest BCUT2D eigenvalue weighted by atomic mass is 10.4. The molecule has 19 heavy (non-hydrogen) atoms. The summed E-state index contributed by atoms with van der Waals surface area (Å²) in [7, 11) is -9.57. The van der Waals surface area contributed by atoms with Crippen molar-refractivity contribution >= 4 is 28.3 Å². The van der Waals surface area contributed by atoms with Gasteiger partial charge in [-0.3, -0.25) is 4.79 Å². The van der Waals surface area contributed by atoms with Gasteiger partial charge < -0.3 is 0 Å². The Bertz CT molecular complexity index is 477. The molecule has 0 unspecified atom stereocenters. The van der Waals surface area contributed by atoms with Crippen molar-refractivity contribution in [2.24, 2.45) is 0 Å². The van der Waals surface area contributed by atoms with Crippen LogP contribution in [0.5, 0.6) is 0 Å². The highest BCUT2D eigenvalue weighted by molar-refractivity contribution is 8.45. The first-order valence-electron chi connectivity index (χ1n) is 5.10. The zero-order valence-electron chi connectivity index (χ0n) is 9.57. The maximum Gasteiger partial charge on any atom is 0.310 e. The smallest absolute Gasteiger partial charge is 0.299 e. The van der Waals surface area contributed by atoms with Crippen molar-refractivity contribution in [1.82, 2.24) is 0 Å². The lowest BCUT2D eigenvalue weighted by Gasteiger charge is -2.40. The van der Waals surface area contributed by atoms with Crippen LogP contribution in [0.2, 0.25) is 0 Å². The summed E-state index contributed by atoms with van der Waals surface area (Å²) in [5, 5.41) is 0. The molecule has 8 heteroatoms. The minimum absolute atomic E-state index is 0.394. The molecule has 0 saturated carbocycles. The van der Waals surface area contributed by atoms with Gasteiger partial charge in [0.25, 0.3) is 0 Å². The van der Waals surface area contributed by atoms with Crippen LogP contribution in [-0.4, -0.2) is 12.0 Å². The maximum absolute atomic E-state index is 12.4. The first kappa shape index (κ1) is 16.0. The monoisotopic (exact) mass is 318 g/mol. The highest BCUT2D eigenvalue weighted by atomic mass is 32.5. The molecule has 0 radical (unpaired) electrons. The Morgan fingerprint density at radius 3 is 2.11 bits per heavy atom. The molecule has 1 nitrogen and oxygen atoms in total. The number of rotatable bonds is 6. The number of carbonyl (C=O) groups is 1. The molecule has 0 fully saturated rings. The quantitative estimate of drug-likeness (QED) is 0.224. The van der Waals surface area contributed by atoms with Crippen LogP contribution in [0.25, 0.3) is 0 Å². The Morgan fingerprint density at radius 2 is 1.63 bits per heavy atom. The summed E-state index contributed by atoms with van der Waals surface area (Å²) in [6.07, 6.45) is 4.11. The van der Waals surface area contributed by atoms with Gasteiger partial charge in [-0.1, -0.05) is 25.5 Å². The van der Waals surface area contributed by atoms with Gasteiger partial charge in [0.15, 0.2) is 0 Å². The molecule has 0 aromatic heterocycles. The van der Waals surface area contributed by atoms with Gasteiger partial charge >= 0.3 is 10.2 Å². The predicted octanol–water partition coefficient (Wildman–Crippen LogP) is 5.58. The van der Waals surface area contributed by atoms with E-state index in [1.54, 1.807) is 6.08 Å². The fraction of sp³-hybridized carbons (Fsp3) is 0.182. The number of hydrogen-bond donors (Lipinski definition) is 0. The number of halogens is 5. The molecule has 0 bridgehead atoms. The molecule has 1 aromatic rings. The number of allylic oxidation sites excluding steroid dienone is 2. The van der Waals surface area contributed by atoms with Gasteiger partial charge in [-0.05, 0) is 36.8 Å². The van der Waals surface area contributed by atoms with Crippen molar-refractivity contribution in [1.29, 1.82) is 0 Å². The number of thioether (sulfide) groups is 1. The van der Waals surface area contributed by atoms with E-state index in [0.29, 0.717) is 35.5 Å². The molecule has 0 amide bonds. The molecule has 1 aromatic carbocycles. The van der Waals surface area contributed by atoms with Gasteiger partial charge in [0, 0.05) is 10.6 Å². The molecule has 0 N–H and O–H groups in total. The van der Waals surface area contributed by atoms with Crippen molar-refractivity contribution in [2.75, 3.05) is 5.75 Å². The van der Waals surface area contributed by atoms with E-state index in [9.17, 15) is 24.2 Å². The standard InChI is InChI=1S/C11H11F5OS2/c12-19(13,14,15,16)11-6-4-10(5-7-11)18-9-3-1-2-8-17/h1-2,4-8H,3,9H2/b2-1+. The Balaban J connectivity index is 2.68. The highest BCUT2D eigenvalue weighted by Crippen LogP contribution is 3.02. The normalized spacial score (nSPS) is 16.1. The van der Waals surface area contributed by atoms with Crippen LogP contribution < -0.4 is 0 Å². The topological polar surface area (TPSA) is 17.1 Å². The third-order valence-electron chi connectivity index (χ3n) is 2.04. The summed E-state index contributed by atoms with van der Waals surface area (Å²) in [6.45, 7) is 0. The number of carbonyl (C=O) groups excluding carboxylic acids is 1. The molecular weight excluding hydrogens is 307 g/mol. The van der Waals surface area contributed by atoms with E-state index in [0.717, 1.165) is 12.1 Å². The minimum Gasteiger partial charge on any atom is -0.299 e. The van der Waals surface area contributed by atoms with Crippen LogP contribution >= 0.6 is 22.0 Å². The molecule has 108 valence electrons. The van der Waals surface area contributed by atoms with Gasteiger partial charge in [0.2, 0.25) is 0 Å². The zero-order chi connectivity index (χ0) is 14.6. The second kappa shape index (κ2) is 4.82. The van der Waals surface area contributed by atoms with Crippen LogP contribution in [0.4, 0.5) is 19.4 Å². The molecule has 0 heterocycles. The van der Waals surface area contributed by atoms with Gasteiger partial charge in [0.05, 0.1) is 0 Å². The lowest BCUT2D eigenvalue weighted by molar-refractivity contribution is -0.104. The molecular formula is C11H11F5OS2. The number of hydrogen-bond acceptors (Lipinski definition) is 2. The largest absolute Gasteiger partial charge is 0.310 e. The average Bonchev–Trinajstić information content (AvgIpc) is 2.26. The van der Waals surface area contributed by atoms with Crippen molar-refractivity contribution in [3.63, 3.8) is 0 Å². The second-order valence-corrected chi connectivity index (χ2v) is 7.22. The highest BCUT2D eigenvalue weighted by Gasteiger charge is 2.65. The molecule has 1 rings (SSSR count). The zero-order valence-corrected chi connectivity index (χ0v) is 11.2. The minimum atomic E-state index is -9.57. The van der Waals surface area contributed by atoms with E-state index in [4.69, 9.17) is 0 Å². The third kappa shape index (κ3) is 5.65. The molecule has 0 saturated heterocycles. The van der Waals surface area contributed by atoms with E-state index >= 15 is 0 Å². The first-order valence-corrected chi connectivity index (χ1v) is 8.04. The SMILES string of the molecule is O=C/C=C/CCSc1ccc(S(F)(F)(F)(F)F)cc1. The predicted molar refractivity (Wildman–Crippen MR) is 68.4 cm³/mol. The number of benzene rings is 1. The maximum atomic E-state index is 12.4. The average molecular weight is 318 g/mol.